The van der Waals surface area contributed by atoms with Crippen LogP contribution in [-0.2, 0) is 0 Å². The van der Waals surface area contributed by atoms with Crippen LogP contribution in [0.2, 0.25) is 0 Å². The standard InChI is InChI=1S/C21H24O2/c1-22-18-12-8-16(9-13-18)20-6-4-3-5-7-21(20)17-10-14-19(23-2)15-11-17/h8-15H,3-7H2,1-2H3. The minimum atomic E-state index is 0.911. The Morgan fingerprint density at radius 2 is 0.957 bits per heavy atom. The fourth-order valence-corrected chi connectivity index (χ4v) is 3.30. The minimum Gasteiger partial charge on any atom is -0.497 e. The third-order valence-electron chi connectivity index (χ3n) is 4.59. The molecule has 2 aromatic carbocycles. The SMILES string of the molecule is COc1ccc(C2=C(c3ccc(OC)cc3)CCCCC2)cc1. The maximum atomic E-state index is 5.29. The molecule has 2 heteroatoms. The predicted octanol–water partition coefficient (Wildman–Crippen LogP) is 5.58. The molecule has 2 aromatic rings. The molecule has 0 aromatic heterocycles. The quantitative estimate of drug-likeness (QED) is 0.734. The van der Waals surface area contributed by atoms with Crippen LogP contribution in [0.5, 0.6) is 11.5 Å². The Morgan fingerprint density at radius 1 is 0.565 bits per heavy atom. The number of hydrogen-bond donors (Lipinski definition) is 0. The lowest BCUT2D eigenvalue weighted by molar-refractivity contribution is 0.414. The Hall–Kier alpha value is -2.22. The highest BCUT2D eigenvalue weighted by molar-refractivity contribution is 5.91. The van der Waals surface area contributed by atoms with Crippen molar-refractivity contribution in [1.29, 1.82) is 0 Å². The molecular weight excluding hydrogens is 284 g/mol. The van der Waals surface area contributed by atoms with Gasteiger partial charge in [-0.2, -0.15) is 0 Å². The number of benzene rings is 2. The first kappa shape index (κ1) is 15.7. The number of methoxy groups -OCH3 is 2. The van der Waals surface area contributed by atoms with Gasteiger partial charge in [-0.05, 0) is 72.2 Å². The largest absolute Gasteiger partial charge is 0.497 e. The maximum absolute atomic E-state index is 5.29. The van der Waals surface area contributed by atoms with Crippen molar-refractivity contribution in [2.75, 3.05) is 14.2 Å². The van der Waals surface area contributed by atoms with Gasteiger partial charge in [0.05, 0.1) is 14.2 Å². The fourth-order valence-electron chi connectivity index (χ4n) is 3.30. The molecule has 0 unspecified atom stereocenters. The van der Waals surface area contributed by atoms with Gasteiger partial charge in [0.2, 0.25) is 0 Å². The number of ether oxygens (including phenoxy) is 2. The smallest absolute Gasteiger partial charge is 0.118 e. The van der Waals surface area contributed by atoms with E-state index in [-0.39, 0.29) is 0 Å². The van der Waals surface area contributed by atoms with E-state index in [4.69, 9.17) is 9.47 Å². The second kappa shape index (κ2) is 7.36. The minimum absolute atomic E-state index is 0.911. The van der Waals surface area contributed by atoms with E-state index in [2.05, 4.69) is 48.5 Å². The zero-order valence-electron chi connectivity index (χ0n) is 14.0. The first-order valence-corrected chi connectivity index (χ1v) is 8.32. The van der Waals surface area contributed by atoms with E-state index in [1.54, 1.807) is 14.2 Å². The summed E-state index contributed by atoms with van der Waals surface area (Å²) in [6, 6.07) is 17.0. The van der Waals surface area contributed by atoms with Crippen LogP contribution in [0.4, 0.5) is 0 Å². The van der Waals surface area contributed by atoms with E-state index in [1.165, 1.54) is 41.5 Å². The Labute approximate surface area is 138 Å². The average molecular weight is 308 g/mol. The summed E-state index contributed by atoms with van der Waals surface area (Å²) in [5.41, 5.74) is 5.60. The number of hydrogen-bond acceptors (Lipinski definition) is 2. The van der Waals surface area contributed by atoms with Gasteiger partial charge in [-0.1, -0.05) is 30.7 Å². The highest BCUT2D eigenvalue weighted by Gasteiger charge is 2.15. The molecule has 120 valence electrons. The van der Waals surface area contributed by atoms with Gasteiger partial charge in [-0.25, -0.2) is 0 Å². The molecule has 0 amide bonds. The maximum Gasteiger partial charge on any atom is 0.118 e. The Balaban J connectivity index is 2.02. The first-order chi connectivity index (χ1) is 11.3. The van der Waals surface area contributed by atoms with Gasteiger partial charge in [0.15, 0.2) is 0 Å². The molecule has 0 radical (unpaired) electrons. The molecule has 0 spiro atoms. The summed E-state index contributed by atoms with van der Waals surface area (Å²) in [5.74, 6) is 1.82. The van der Waals surface area contributed by atoms with Crippen LogP contribution in [0, 0.1) is 0 Å². The zero-order chi connectivity index (χ0) is 16.1. The molecule has 23 heavy (non-hydrogen) atoms. The molecule has 0 fully saturated rings. The Kier molecular flexibility index (Phi) is 5.02. The molecule has 0 aliphatic heterocycles. The van der Waals surface area contributed by atoms with Gasteiger partial charge in [-0.3, -0.25) is 0 Å². The van der Waals surface area contributed by atoms with E-state index < -0.39 is 0 Å². The number of allylic oxidation sites excluding steroid dienone is 2. The summed E-state index contributed by atoms with van der Waals surface area (Å²) in [6.07, 6.45) is 6.13. The fraction of sp³-hybridized carbons (Fsp3) is 0.333. The lowest BCUT2D eigenvalue weighted by atomic mass is 9.91. The lowest BCUT2D eigenvalue weighted by Crippen LogP contribution is -1.93. The van der Waals surface area contributed by atoms with Gasteiger partial charge in [0.1, 0.15) is 11.5 Å². The summed E-state index contributed by atoms with van der Waals surface area (Å²) in [5, 5.41) is 0. The van der Waals surface area contributed by atoms with Crippen molar-refractivity contribution in [1.82, 2.24) is 0 Å². The van der Waals surface area contributed by atoms with Gasteiger partial charge in [-0.15, -0.1) is 0 Å². The summed E-state index contributed by atoms with van der Waals surface area (Å²) in [6.45, 7) is 0. The summed E-state index contributed by atoms with van der Waals surface area (Å²) in [4.78, 5) is 0. The van der Waals surface area contributed by atoms with E-state index >= 15 is 0 Å². The third-order valence-corrected chi connectivity index (χ3v) is 4.59. The molecule has 0 bridgehead atoms. The van der Waals surface area contributed by atoms with Crippen LogP contribution in [0.3, 0.4) is 0 Å². The third kappa shape index (κ3) is 3.58. The Bertz CT molecular complexity index is 606. The van der Waals surface area contributed by atoms with Gasteiger partial charge in [0.25, 0.3) is 0 Å². The van der Waals surface area contributed by atoms with Crippen LogP contribution in [0.1, 0.15) is 43.2 Å². The second-order valence-electron chi connectivity index (χ2n) is 5.97. The van der Waals surface area contributed by atoms with Crippen molar-refractivity contribution in [3.05, 3.63) is 59.7 Å². The van der Waals surface area contributed by atoms with Crippen LogP contribution in [0.25, 0.3) is 11.1 Å². The van der Waals surface area contributed by atoms with E-state index in [1.807, 2.05) is 0 Å². The molecule has 1 aliphatic rings. The van der Waals surface area contributed by atoms with Crippen molar-refractivity contribution < 1.29 is 9.47 Å². The van der Waals surface area contributed by atoms with E-state index in [0.717, 1.165) is 24.3 Å². The lowest BCUT2D eigenvalue weighted by Gasteiger charge is -2.15. The summed E-state index contributed by atoms with van der Waals surface area (Å²) >= 11 is 0. The molecule has 0 saturated heterocycles. The zero-order valence-corrected chi connectivity index (χ0v) is 14.0. The van der Waals surface area contributed by atoms with Crippen LogP contribution in [0.15, 0.2) is 48.5 Å². The molecule has 1 aliphatic carbocycles. The van der Waals surface area contributed by atoms with E-state index in [9.17, 15) is 0 Å². The summed E-state index contributed by atoms with van der Waals surface area (Å²) < 4.78 is 10.6. The van der Waals surface area contributed by atoms with Crippen LogP contribution in [-0.4, -0.2) is 14.2 Å². The van der Waals surface area contributed by atoms with Crippen LogP contribution >= 0.6 is 0 Å². The molecule has 0 N–H and O–H groups in total. The molecule has 3 rings (SSSR count). The van der Waals surface area contributed by atoms with Crippen molar-refractivity contribution in [2.24, 2.45) is 0 Å². The summed E-state index contributed by atoms with van der Waals surface area (Å²) in [7, 11) is 3.42. The highest BCUT2D eigenvalue weighted by atomic mass is 16.5. The molecule has 0 heterocycles. The topological polar surface area (TPSA) is 18.5 Å². The monoisotopic (exact) mass is 308 g/mol. The predicted molar refractivity (Wildman–Crippen MR) is 95.9 cm³/mol. The second-order valence-corrected chi connectivity index (χ2v) is 5.97. The molecule has 2 nitrogen and oxygen atoms in total. The van der Waals surface area contributed by atoms with Crippen molar-refractivity contribution >= 4 is 11.1 Å². The Morgan fingerprint density at radius 3 is 1.30 bits per heavy atom. The van der Waals surface area contributed by atoms with Crippen molar-refractivity contribution in [2.45, 2.75) is 32.1 Å². The van der Waals surface area contributed by atoms with Gasteiger partial charge < -0.3 is 9.47 Å². The van der Waals surface area contributed by atoms with Crippen LogP contribution < -0.4 is 9.47 Å². The van der Waals surface area contributed by atoms with Gasteiger partial charge >= 0.3 is 0 Å². The van der Waals surface area contributed by atoms with Crippen molar-refractivity contribution in [3.63, 3.8) is 0 Å². The average Bonchev–Trinajstić information content (AvgIpc) is 2.88. The van der Waals surface area contributed by atoms with Crippen molar-refractivity contribution in [3.8, 4) is 11.5 Å². The van der Waals surface area contributed by atoms with E-state index in [0.29, 0.717) is 0 Å². The molecular formula is C21H24O2. The molecule has 0 atom stereocenters. The number of rotatable bonds is 4. The highest BCUT2D eigenvalue weighted by Crippen LogP contribution is 2.37. The van der Waals surface area contributed by atoms with Gasteiger partial charge in [0, 0.05) is 0 Å². The molecule has 0 saturated carbocycles. The first-order valence-electron chi connectivity index (χ1n) is 8.32. The normalized spacial score (nSPS) is 15.2.